The van der Waals surface area contributed by atoms with Crippen LogP contribution in [-0.2, 0) is 24.0 Å². The Morgan fingerprint density at radius 2 is 1.29 bits per heavy atom. The molecule has 41 heavy (non-hydrogen) atoms. The summed E-state index contributed by atoms with van der Waals surface area (Å²) in [6, 6.07) is 0.303. The fourth-order valence-corrected chi connectivity index (χ4v) is 3.95. The Kier molecular flexibility index (Phi) is 19.6. The van der Waals surface area contributed by atoms with Gasteiger partial charge in [0.1, 0.15) is 0 Å². The van der Waals surface area contributed by atoms with Crippen molar-refractivity contribution in [3.63, 3.8) is 0 Å². The first-order chi connectivity index (χ1) is 17.6. The summed E-state index contributed by atoms with van der Waals surface area (Å²) in [5, 5.41) is 0. The Bertz CT molecular complexity index is 992. The first kappa shape index (κ1) is 42.2. The Hall–Kier alpha value is -3.23. The minimum atomic E-state index is 0. The Morgan fingerprint density at radius 3 is 1.37 bits per heavy atom. The molecule has 0 aromatic heterocycles. The van der Waals surface area contributed by atoms with Crippen LogP contribution < -0.4 is 0 Å². The van der Waals surface area contributed by atoms with Gasteiger partial charge in [0.2, 0.25) is 23.6 Å². The third-order valence-corrected chi connectivity index (χ3v) is 7.25. The van der Waals surface area contributed by atoms with Crippen LogP contribution in [-0.4, -0.2) is 96.3 Å². The molecule has 0 aromatic rings. The van der Waals surface area contributed by atoms with Gasteiger partial charge in [-0.2, -0.15) is 0 Å². The van der Waals surface area contributed by atoms with E-state index in [1.54, 1.807) is 32.7 Å². The molecule has 2 fully saturated rings. The fourth-order valence-electron chi connectivity index (χ4n) is 3.95. The van der Waals surface area contributed by atoms with Crippen LogP contribution in [0.4, 0.5) is 0 Å². The lowest BCUT2D eigenvalue weighted by Crippen LogP contribution is -2.48. The molecule has 9 nitrogen and oxygen atoms in total. The lowest BCUT2D eigenvalue weighted by molar-refractivity contribution is -0.144. The highest BCUT2D eigenvalue weighted by Crippen LogP contribution is 2.16. The van der Waals surface area contributed by atoms with E-state index in [0.717, 1.165) is 36.2 Å². The highest BCUT2D eigenvalue weighted by Gasteiger charge is 2.28. The lowest BCUT2D eigenvalue weighted by atomic mass is 10.00. The van der Waals surface area contributed by atoms with E-state index in [9.17, 15) is 24.0 Å². The number of carbonyl (C=O) groups is 5. The second-order valence-electron chi connectivity index (χ2n) is 10.8. The topological polar surface area (TPSA) is 98.3 Å². The molecular weight excluding hydrogens is 520 g/mol. The number of carbonyl (C=O) groups excluding carboxylic acids is 5. The summed E-state index contributed by atoms with van der Waals surface area (Å²) in [7, 11) is 7.27. The van der Waals surface area contributed by atoms with Gasteiger partial charge in [0.25, 0.3) is 0 Å². The number of Topliss-reactive ketones (excluding diaryl/α,β-unsaturated/α-hetero) is 1. The van der Waals surface area contributed by atoms with E-state index in [0.29, 0.717) is 36.5 Å². The number of allylic oxidation sites excluding steroid dienone is 2. The summed E-state index contributed by atoms with van der Waals surface area (Å²) < 4.78 is 0. The van der Waals surface area contributed by atoms with Gasteiger partial charge in [-0.1, -0.05) is 42.2 Å². The zero-order valence-corrected chi connectivity index (χ0v) is 24.8. The van der Waals surface area contributed by atoms with E-state index in [4.69, 9.17) is 0 Å². The smallest absolute Gasteiger partial charge is 0.246 e. The molecule has 0 N–H and O–H groups in total. The molecule has 3 atom stereocenters. The largest absolute Gasteiger partial charge is 0.346 e. The van der Waals surface area contributed by atoms with Gasteiger partial charge in [-0.3, -0.25) is 24.0 Å². The number of amides is 4. The van der Waals surface area contributed by atoms with Crippen molar-refractivity contribution in [2.24, 2.45) is 11.8 Å². The number of ketones is 1. The van der Waals surface area contributed by atoms with Crippen molar-refractivity contribution in [1.82, 2.24) is 19.6 Å². The maximum atomic E-state index is 10.8. The molecule has 5 rings (SSSR count). The molecule has 0 aromatic carbocycles. The molecule has 0 bridgehead atoms. The molecule has 3 unspecified atom stereocenters. The first-order valence-electron chi connectivity index (χ1n) is 13.1. The van der Waals surface area contributed by atoms with E-state index < -0.39 is 0 Å². The molecule has 0 radical (unpaired) electrons. The maximum absolute atomic E-state index is 10.8. The van der Waals surface area contributed by atoms with Crippen molar-refractivity contribution in [2.75, 3.05) is 41.3 Å². The predicted molar refractivity (Wildman–Crippen MR) is 169 cm³/mol. The monoisotopic (exact) mass is 578 g/mol. The number of hydrogen-bond donors (Lipinski definition) is 0. The molecule has 9 heteroatoms. The number of β-lactam (4-membered cyclic amide) rings is 1. The van der Waals surface area contributed by atoms with Crippen LogP contribution in [0.15, 0.2) is 35.1 Å². The highest BCUT2D eigenvalue weighted by molar-refractivity contribution is 6.01. The summed E-state index contributed by atoms with van der Waals surface area (Å²) in [4.78, 5) is 59.8. The summed E-state index contributed by atoms with van der Waals surface area (Å²) in [6.45, 7) is 13.6. The van der Waals surface area contributed by atoms with Crippen LogP contribution in [0.3, 0.4) is 0 Å². The fraction of sp³-hybridized carbons (Fsp3) is 0.656. The Balaban J connectivity index is -0.000000434. The van der Waals surface area contributed by atoms with E-state index in [1.807, 2.05) is 75.0 Å². The van der Waals surface area contributed by atoms with E-state index in [1.165, 1.54) is 0 Å². The lowest BCUT2D eigenvalue weighted by Gasteiger charge is -2.32. The second kappa shape index (κ2) is 19.0. The van der Waals surface area contributed by atoms with Crippen molar-refractivity contribution >= 4 is 29.4 Å². The number of likely N-dealkylation sites (N-methyl/N-ethyl adjacent to an activating group) is 1. The van der Waals surface area contributed by atoms with Crippen molar-refractivity contribution in [3.05, 3.63) is 35.1 Å². The molecule has 2 saturated heterocycles. The highest BCUT2D eigenvalue weighted by atomic mass is 16.2. The molecule has 0 saturated carbocycles. The summed E-state index contributed by atoms with van der Waals surface area (Å²) in [5.41, 5.74) is 3.23. The maximum Gasteiger partial charge on any atom is 0.246 e. The van der Waals surface area contributed by atoms with Crippen molar-refractivity contribution in [2.45, 2.75) is 89.1 Å². The molecule has 5 aliphatic rings. The van der Waals surface area contributed by atoms with E-state index in [2.05, 4.69) is 0 Å². The molecule has 4 amide bonds. The van der Waals surface area contributed by atoms with Crippen molar-refractivity contribution < 1.29 is 24.0 Å². The number of nitrogens with zero attached hydrogens (tertiary/aromatic N) is 4. The van der Waals surface area contributed by atoms with Gasteiger partial charge in [-0.25, -0.2) is 0 Å². The average Bonchev–Trinajstić information content (AvgIpc) is 3.43. The zero-order valence-electron chi connectivity index (χ0n) is 24.8. The minimum absolute atomic E-state index is 0. The number of likely N-dealkylation sites (tertiary alicyclic amines) is 2. The standard InChI is InChI=1S/C7H11NO.C6H9NO.C6H11NO.C5H9NO.C5H6O.3CH4/c1-5-4-7(9)8(3)6(5)2;1-5-3-6(8)7(2)4-5;1-5-3-4-7(2)6(5)8;1-4-3-6(2)5(4)7;1-4-2-3-5(4)6;;;/h4,6H,1-3H3;4H,3H2,1-2H3;5H,3-4H2,1-2H3;4H,3H2,1-2H3;2H,3H2,1H3;3*1H4. The molecule has 1 aliphatic carbocycles. The van der Waals surface area contributed by atoms with Gasteiger partial charge < -0.3 is 19.6 Å². The molecule has 0 spiro atoms. The molecular formula is C32H58N4O5. The van der Waals surface area contributed by atoms with Crippen molar-refractivity contribution in [1.29, 1.82) is 0 Å². The van der Waals surface area contributed by atoms with E-state index >= 15 is 0 Å². The second-order valence-corrected chi connectivity index (χ2v) is 10.8. The van der Waals surface area contributed by atoms with Crippen molar-refractivity contribution in [3.8, 4) is 0 Å². The third kappa shape index (κ3) is 12.9. The first-order valence-corrected chi connectivity index (χ1v) is 13.1. The normalized spacial score (nSPS) is 23.5. The van der Waals surface area contributed by atoms with Gasteiger partial charge in [0.15, 0.2) is 5.78 Å². The summed E-state index contributed by atoms with van der Waals surface area (Å²) in [5.74, 6) is 1.77. The predicted octanol–water partition coefficient (Wildman–Crippen LogP) is 4.94. The van der Waals surface area contributed by atoms with Crippen LogP contribution in [0.5, 0.6) is 0 Å². The SMILES string of the molecule is C.C.C.CC1=CC(=O)N(C)C1C.CC1=CCC1=O.CC1=CN(C)C(=O)C1.CC1CCN(C)C1=O.CC1CN(C)C1=O. The van der Waals surface area contributed by atoms with Crippen LogP contribution >= 0.6 is 0 Å². The van der Waals surface area contributed by atoms with Gasteiger partial charge in [0, 0.05) is 72.3 Å². The number of hydrogen-bond acceptors (Lipinski definition) is 5. The van der Waals surface area contributed by atoms with Crippen LogP contribution in [0.1, 0.15) is 83.1 Å². The minimum Gasteiger partial charge on any atom is -0.346 e. The Labute approximate surface area is 250 Å². The van der Waals surface area contributed by atoms with E-state index in [-0.39, 0.29) is 45.9 Å². The average molecular weight is 579 g/mol. The van der Waals surface area contributed by atoms with Gasteiger partial charge in [-0.15, -0.1) is 0 Å². The Morgan fingerprint density at radius 1 is 0.780 bits per heavy atom. The third-order valence-electron chi connectivity index (χ3n) is 7.25. The molecule has 4 heterocycles. The van der Waals surface area contributed by atoms with Crippen LogP contribution in [0, 0.1) is 11.8 Å². The van der Waals surface area contributed by atoms with Gasteiger partial charge in [0.05, 0.1) is 12.0 Å². The molecule has 236 valence electrons. The van der Waals surface area contributed by atoms with Gasteiger partial charge in [-0.05, 0) is 50.8 Å². The van der Waals surface area contributed by atoms with Crippen LogP contribution in [0.2, 0.25) is 0 Å². The quantitative estimate of drug-likeness (QED) is 0.379. The number of rotatable bonds is 0. The summed E-state index contributed by atoms with van der Waals surface area (Å²) in [6.07, 6.45) is 7.80. The summed E-state index contributed by atoms with van der Waals surface area (Å²) >= 11 is 0. The van der Waals surface area contributed by atoms with Gasteiger partial charge >= 0.3 is 0 Å². The van der Waals surface area contributed by atoms with Crippen LogP contribution in [0.25, 0.3) is 0 Å². The zero-order chi connectivity index (χ0) is 29.3. The molecule has 4 aliphatic heterocycles.